The van der Waals surface area contributed by atoms with Crippen molar-refractivity contribution in [3.05, 3.63) is 30.1 Å². The lowest BCUT2D eigenvalue weighted by molar-refractivity contribution is -0.153. The highest BCUT2D eigenvalue weighted by Crippen LogP contribution is 2.33. The molecule has 0 aromatic heterocycles. The first kappa shape index (κ1) is 15.0. The highest BCUT2D eigenvalue weighted by atomic mass is 19.1. The Morgan fingerprint density at radius 1 is 1.36 bits per heavy atom. The van der Waals surface area contributed by atoms with E-state index < -0.39 is 11.4 Å². The number of likely N-dealkylation sites (tertiary alicyclic amines) is 1. The van der Waals surface area contributed by atoms with E-state index in [0.717, 1.165) is 12.8 Å². The average Bonchev–Trinajstić information content (AvgIpc) is 2.99. The normalized spacial score (nSPS) is 24.8. The number of nitrogens with zero attached hydrogens (tertiary/aromatic N) is 1. The summed E-state index contributed by atoms with van der Waals surface area (Å²) in [7, 11) is 0. The van der Waals surface area contributed by atoms with Crippen LogP contribution in [0.4, 0.5) is 4.39 Å². The van der Waals surface area contributed by atoms with Gasteiger partial charge in [0.1, 0.15) is 5.60 Å². The molecule has 1 amide bonds. The molecule has 1 aromatic carbocycles. The molecule has 1 atom stereocenters. The van der Waals surface area contributed by atoms with Gasteiger partial charge in [-0.1, -0.05) is 12.1 Å². The maximum atomic E-state index is 13.4. The number of rotatable bonds is 3. The van der Waals surface area contributed by atoms with Crippen LogP contribution in [0, 0.1) is 5.82 Å². The molecule has 2 fully saturated rings. The molecule has 0 aliphatic carbocycles. The van der Waals surface area contributed by atoms with E-state index in [1.165, 1.54) is 17.0 Å². The smallest absolute Gasteiger partial charge is 0.260 e. The number of hydrogen-bond acceptors (Lipinski definition) is 4. The van der Waals surface area contributed by atoms with E-state index in [1.807, 2.05) is 0 Å². The van der Waals surface area contributed by atoms with Gasteiger partial charge in [0, 0.05) is 19.6 Å². The Morgan fingerprint density at radius 2 is 2.18 bits per heavy atom. The van der Waals surface area contributed by atoms with Crippen LogP contribution in [0.5, 0.6) is 5.75 Å². The van der Waals surface area contributed by atoms with Crippen LogP contribution in [-0.4, -0.2) is 48.5 Å². The van der Waals surface area contributed by atoms with Crippen LogP contribution in [-0.2, 0) is 14.3 Å². The summed E-state index contributed by atoms with van der Waals surface area (Å²) in [5.74, 6) is -0.835. The Bertz CT molecular complexity index is 583. The third-order valence-electron chi connectivity index (χ3n) is 4.27. The molecule has 0 radical (unpaired) electrons. The maximum absolute atomic E-state index is 13.4. The number of benzene rings is 1. The first-order valence-electron chi connectivity index (χ1n) is 7.43. The van der Waals surface area contributed by atoms with Gasteiger partial charge in [-0.3, -0.25) is 9.59 Å². The molecule has 0 unspecified atom stereocenters. The molecule has 2 aliphatic rings. The van der Waals surface area contributed by atoms with Gasteiger partial charge in [-0.15, -0.1) is 0 Å². The van der Waals surface area contributed by atoms with Crippen LogP contribution in [0.2, 0.25) is 0 Å². The molecule has 5 nitrogen and oxygen atoms in total. The minimum absolute atomic E-state index is 0.0368. The van der Waals surface area contributed by atoms with Crippen molar-refractivity contribution in [2.45, 2.75) is 24.9 Å². The van der Waals surface area contributed by atoms with Crippen molar-refractivity contribution in [1.82, 2.24) is 4.90 Å². The fourth-order valence-corrected chi connectivity index (χ4v) is 2.97. The number of piperidine rings is 1. The van der Waals surface area contributed by atoms with Gasteiger partial charge in [0.15, 0.2) is 24.0 Å². The second kappa shape index (κ2) is 6.04. The summed E-state index contributed by atoms with van der Waals surface area (Å²) in [6, 6.07) is 5.92. The third kappa shape index (κ3) is 2.83. The number of carbonyl (C=O) groups is 2. The fraction of sp³-hybridized carbons (Fsp3) is 0.500. The standard InChI is InChI=1S/C16H18FNO4/c17-12-4-1-2-5-13(12)21-11-15(20)18-8-7-16(14(19)10-18)6-3-9-22-16/h1-2,4-5H,3,6-11H2/t16-/m0/s1. The lowest BCUT2D eigenvalue weighted by Gasteiger charge is -2.37. The molecule has 2 aliphatic heterocycles. The topological polar surface area (TPSA) is 55.8 Å². The summed E-state index contributed by atoms with van der Waals surface area (Å²) in [6.45, 7) is 0.836. The molecule has 1 aromatic rings. The van der Waals surface area contributed by atoms with Gasteiger partial charge in [0.2, 0.25) is 0 Å². The van der Waals surface area contributed by atoms with E-state index in [-0.39, 0.29) is 30.6 Å². The summed E-state index contributed by atoms with van der Waals surface area (Å²) in [6.07, 6.45) is 2.15. The lowest BCUT2D eigenvalue weighted by Crippen LogP contribution is -2.54. The Morgan fingerprint density at radius 3 is 2.86 bits per heavy atom. The van der Waals surface area contributed by atoms with E-state index in [4.69, 9.17) is 9.47 Å². The van der Waals surface area contributed by atoms with Crippen LogP contribution in [0.1, 0.15) is 19.3 Å². The molecule has 2 heterocycles. The highest BCUT2D eigenvalue weighted by molar-refractivity contribution is 5.93. The minimum Gasteiger partial charge on any atom is -0.481 e. The molecule has 1 spiro atoms. The summed E-state index contributed by atoms with van der Waals surface area (Å²) in [5.41, 5.74) is -0.677. The van der Waals surface area contributed by atoms with Crippen molar-refractivity contribution < 1.29 is 23.5 Å². The van der Waals surface area contributed by atoms with Crippen LogP contribution < -0.4 is 4.74 Å². The molecule has 3 rings (SSSR count). The number of carbonyl (C=O) groups excluding carboxylic acids is 2. The van der Waals surface area contributed by atoms with Crippen LogP contribution >= 0.6 is 0 Å². The van der Waals surface area contributed by atoms with Gasteiger partial charge in [0.25, 0.3) is 5.91 Å². The molecular weight excluding hydrogens is 289 g/mol. The predicted octanol–water partition coefficient (Wildman–Crippen LogP) is 1.56. The molecule has 0 saturated carbocycles. The van der Waals surface area contributed by atoms with Crippen molar-refractivity contribution >= 4 is 11.7 Å². The zero-order chi connectivity index (χ0) is 15.6. The van der Waals surface area contributed by atoms with Crippen molar-refractivity contribution in [3.63, 3.8) is 0 Å². The predicted molar refractivity (Wildman–Crippen MR) is 76.0 cm³/mol. The molecule has 6 heteroatoms. The lowest BCUT2D eigenvalue weighted by atomic mass is 9.87. The maximum Gasteiger partial charge on any atom is 0.260 e. The van der Waals surface area contributed by atoms with Gasteiger partial charge >= 0.3 is 0 Å². The van der Waals surface area contributed by atoms with Crippen molar-refractivity contribution in [2.24, 2.45) is 0 Å². The quantitative estimate of drug-likeness (QED) is 0.850. The number of hydrogen-bond donors (Lipinski definition) is 0. The fourth-order valence-electron chi connectivity index (χ4n) is 2.97. The van der Waals surface area contributed by atoms with Crippen molar-refractivity contribution in [1.29, 1.82) is 0 Å². The number of amides is 1. The van der Waals surface area contributed by atoms with Gasteiger partial charge in [-0.05, 0) is 25.0 Å². The Balaban J connectivity index is 1.55. The molecule has 0 bridgehead atoms. The van der Waals surface area contributed by atoms with Gasteiger partial charge in [-0.2, -0.15) is 0 Å². The summed E-state index contributed by atoms with van der Waals surface area (Å²) >= 11 is 0. The molecule has 0 N–H and O–H groups in total. The van der Waals surface area contributed by atoms with Crippen molar-refractivity contribution in [2.75, 3.05) is 26.3 Å². The largest absolute Gasteiger partial charge is 0.481 e. The van der Waals surface area contributed by atoms with E-state index in [2.05, 4.69) is 0 Å². The zero-order valence-electron chi connectivity index (χ0n) is 12.2. The first-order chi connectivity index (χ1) is 10.6. The Hall–Kier alpha value is -1.95. The second-order valence-electron chi connectivity index (χ2n) is 5.65. The Labute approximate surface area is 128 Å². The van der Waals surface area contributed by atoms with Gasteiger partial charge in [0.05, 0.1) is 6.54 Å². The summed E-state index contributed by atoms with van der Waals surface area (Å²) in [5, 5.41) is 0. The van der Waals surface area contributed by atoms with E-state index in [0.29, 0.717) is 19.6 Å². The number of ketones is 1. The number of para-hydroxylation sites is 1. The average molecular weight is 307 g/mol. The van der Waals surface area contributed by atoms with Crippen molar-refractivity contribution in [3.8, 4) is 5.75 Å². The SMILES string of the molecule is O=C(COc1ccccc1F)N1CC[C@@]2(CCCO2)C(=O)C1. The van der Waals surface area contributed by atoms with Crippen LogP contribution in [0.15, 0.2) is 24.3 Å². The van der Waals surface area contributed by atoms with Crippen LogP contribution in [0.25, 0.3) is 0 Å². The molecule has 118 valence electrons. The van der Waals surface area contributed by atoms with Gasteiger partial charge in [-0.25, -0.2) is 4.39 Å². The Kier molecular flexibility index (Phi) is 4.11. The van der Waals surface area contributed by atoms with E-state index >= 15 is 0 Å². The summed E-state index contributed by atoms with van der Waals surface area (Å²) < 4.78 is 24.2. The molecule has 22 heavy (non-hydrogen) atoms. The van der Waals surface area contributed by atoms with E-state index in [1.54, 1.807) is 12.1 Å². The highest BCUT2D eigenvalue weighted by Gasteiger charge is 2.46. The zero-order valence-corrected chi connectivity index (χ0v) is 12.2. The third-order valence-corrected chi connectivity index (χ3v) is 4.27. The first-order valence-corrected chi connectivity index (χ1v) is 7.43. The van der Waals surface area contributed by atoms with E-state index in [9.17, 15) is 14.0 Å². The second-order valence-corrected chi connectivity index (χ2v) is 5.65. The number of ether oxygens (including phenoxy) is 2. The minimum atomic E-state index is -0.677. The number of Topliss-reactive ketones (excluding diaryl/α,β-unsaturated/α-hetero) is 1. The van der Waals surface area contributed by atoms with Gasteiger partial charge < -0.3 is 14.4 Å². The summed E-state index contributed by atoms with van der Waals surface area (Å²) in [4.78, 5) is 25.8. The van der Waals surface area contributed by atoms with Crippen LogP contribution in [0.3, 0.4) is 0 Å². The monoisotopic (exact) mass is 307 g/mol. The molecular formula is C16H18FNO4. The number of halogens is 1. The molecule has 2 saturated heterocycles.